The maximum Gasteiger partial charge on any atom is 0.349 e. The summed E-state index contributed by atoms with van der Waals surface area (Å²) in [6.07, 6.45) is 1.66. The molecule has 0 bridgehead atoms. The van der Waals surface area contributed by atoms with Crippen LogP contribution >= 0.6 is 22.9 Å². The average Bonchev–Trinajstić information content (AvgIpc) is 3.30. The van der Waals surface area contributed by atoms with Gasteiger partial charge in [-0.25, -0.2) is 9.78 Å². The first-order valence-corrected chi connectivity index (χ1v) is 12.0. The Morgan fingerprint density at radius 2 is 1.83 bits per heavy atom. The van der Waals surface area contributed by atoms with E-state index in [0.717, 1.165) is 15.5 Å². The van der Waals surface area contributed by atoms with E-state index < -0.39 is 11.5 Å². The van der Waals surface area contributed by atoms with Gasteiger partial charge in [-0.2, -0.15) is 0 Å². The number of aromatic nitrogens is 2. The van der Waals surface area contributed by atoms with Crippen molar-refractivity contribution in [1.29, 1.82) is 0 Å². The molecule has 1 amide bonds. The summed E-state index contributed by atoms with van der Waals surface area (Å²) in [6, 6.07) is 23.8. The third-order valence-corrected chi connectivity index (χ3v) is 7.01. The van der Waals surface area contributed by atoms with Crippen molar-refractivity contribution >= 4 is 65.9 Å². The molecule has 0 atom stereocenters. The number of benzene rings is 3. The molecular formula is C27H16ClN3O3S. The normalized spacial score (nSPS) is 11.3. The molecule has 0 radical (unpaired) electrons. The van der Waals surface area contributed by atoms with Crippen molar-refractivity contribution in [2.45, 2.75) is 6.54 Å². The molecule has 0 saturated heterocycles. The summed E-state index contributed by atoms with van der Waals surface area (Å²) in [5.74, 6) is -0.510. The fraction of sp³-hybridized carbons (Fsp3) is 0.0370. The van der Waals surface area contributed by atoms with Crippen LogP contribution in [0.3, 0.4) is 0 Å². The van der Waals surface area contributed by atoms with Crippen molar-refractivity contribution in [2.24, 2.45) is 0 Å². The second kappa shape index (κ2) is 8.61. The highest BCUT2D eigenvalue weighted by Crippen LogP contribution is 2.33. The number of carbonyl (C=O) groups excluding carboxylic acids is 1. The van der Waals surface area contributed by atoms with Crippen LogP contribution in [0.5, 0.6) is 0 Å². The van der Waals surface area contributed by atoms with Crippen LogP contribution in [0.4, 0.5) is 5.13 Å². The van der Waals surface area contributed by atoms with E-state index in [1.54, 1.807) is 42.6 Å². The number of thiazole rings is 1. The zero-order valence-electron chi connectivity index (χ0n) is 18.1. The van der Waals surface area contributed by atoms with Gasteiger partial charge in [-0.15, -0.1) is 0 Å². The summed E-state index contributed by atoms with van der Waals surface area (Å²) >= 11 is 7.48. The van der Waals surface area contributed by atoms with Crippen molar-refractivity contribution in [1.82, 2.24) is 9.97 Å². The second-order valence-electron chi connectivity index (χ2n) is 7.97. The van der Waals surface area contributed by atoms with E-state index in [1.807, 2.05) is 42.5 Å². The molecule has 0 spiro atoms. The predicted molar refractivity (Wildman–Crippen MR) is 139 cm³/mol. The molecule has 0 N–H and O–H groups in total. The maximum atomic E-state index is 13.9. The Morgan fingerprint density at radius 1 is 0.971 bits per heavy atom. The highest BCUT2D eigenvalue weighted by Gasteiger charge is 2.26. The lowest BCUT2D eigenvalue weighted by molar-refractivity contribution is 0.0981. The Labute approximate surface area is 208 Å². The Morgan fingerprint density at radius 3 is 2.69 bits per heavy atom. The molecule has 0 aliphatic heterocycles. The van der Waals surface area contributed by atoms with Crippen molar-refractivity contribution in [3.05, 3.63) is 112 Å². The molecule has 6 nitrogen and oxygen atoms in total. The first-order chi connectivity index (χ1) is 17.1. The van der Waals surface area contributed by atoms with Gasteiger partial charge >= 0.3 is 5.63 Å². The lowest BCUT2D eigenvalue weighted by Gasteiger charge is -2.19. The summed E-state index contributed by atoms with van der Waals surface area (Å²) in [5.41, 5.74) is 1.03. The second-order valence-corrected chi connectivity index (χ2v) is 9.41. The van der Waals surface area contributed by atoms with Crippen LogP contribution in [0.15, 0.2) is 94.3 Å². The highest BCUT2D eigenvalue weighted by molar-refractivity contribution is 7.22. The molecule has 8 heteroatoms. The molecule has 6 aromatic rings. The van der Waals surface area contributed by atoms with Gasteiger partial charge < -0.3 is 4.42 Å². The summed E-state index contributed by atoms with van der Waals surface area (Å²) in [7, 11) is 0. The summed E-state index contributed by atoms with van der Waals surface area (Å²) in [5, 5.41) is 3.60. The van der Waals surface area contributed by atoms with E-state index in [9.17, 15) is 9.59 Å². The molecule has 0 aliphatic carbocycles. The maximum absolute atomic E-state index is 13.9. The minimum Gasteiger partial charge on any atom is -0.422 e. The van der Waals surface area contributed by atoms with Gasteiger partial charge in [0.05, 0.1) is 22.5 Å². The van der Waals surface area contributed by atoms with Crippen LogP contribution in [0.1, 0.15) is 16.1 Å². The van der Waals surface area contributed by atoms with E-state index in [-0.39, 0.29) is 12.1 Å². The Balaban J connectivity index is 1.52. The first kappa shape index (κ1) is 21.5. The van der Waals surface area contributed by atoms with E-state index in [1.165, 1.54) is 16.2 Å². The van der Waals surface area contributed by atoms with Gasteiger partial charge in [0.1, 0.15) is 11.1 Å². The molecule has 6 rings (SSSR count). The smallest absolute Gasteiger partial charge is 0.349 e. The highest BCUT2D eigenvalue weighted by atomic mass is 35.5. The Kier molecular flexibility index (Phi) is 5.28. The van der Waals surface area contributed by atoms with Gasteiger partial charge in [-0.1, -0.05) is 59.3 Å². The van der Waals surface area contributed by atoms with Crippen molar-refractivity contribution in [3.63, 3.8) is 0 Å². The number of anilines is 1. The summed E-state index contributed by atoms with van der Waals surface area (Å²) in [4.78, 5) is 37.3. The SMILES string of the molecule is O=C(c1cc2c(ccc3ccccc32)oc1=O)N(Cc1ccccn1)c1nc2ccc(Cl)cc2s1. The number of nitrogens with zero attached hydrogens (tertiary/aromatic N) is 3. The van der Waals surface area contributed by atoms with E-state index in [2.05, 4.69) is 9.97 Å². The number of pyridine rings is 1. The lowest BCUT2D eigenvalue weighted by atomic mass is 10.0. The molecule has 3 aromatic carbocycles. The number of hydrogen-bond donors (Lipinski definition) is 0. The Bertz CT molecular complexity index is 1800. The van der Waals surface area contributed by atoms with Gasteiger partial charge in [0, 0.05) is 16.6 Å². The fourth-order valence-electron chi connectivity index (χ4n) is 4.05. The van der Waals surface area contributed by atoms with Crippen molar-refractivity contribution in [2.75, 3.05) is 4.90 Å². The summed E-state index contributed by atoms with van der Waals surface area (Å²) in [6.45, 7) is 0.139. The first-order valence-electron chi connectivity index (χ1n) is 10.8. The van der Waals surface area contributed by atoms with E-state index in [4.69, 9.17) is 16.0 Å². The minimum absolute atomic E-state index is 0.0675. The number of rotatable bonds is 4. The Hall–Kier alpha value is -4.07. The molecular weight excluding hydrogens is 482 g/mol. The fourth-order valence-corrected chi connectivity index (χ4v) is 5.29. The lowest BCUT2D eigenvalue weighted by Crippen LogP contribution is -2.34. The number of carbonyl (C=O) groups is 1. The van der Waals surface area contributed by atoms with Gasteiger partial charge in [0.2, 0.25) is 0 Å². The van der Waals surface area contributed by atoms with Gasteiger partial charge in [-0.3, -0.25) is 14.7 Å². The standard InChI is InChI=1S/C27H16ClN3O3S/c28-17-9-10-22-24(13-17)35-27(30-22)31(15-18-6-3-4-12-29-18)25(32)21-14-20-19-7-2-1-5-16(19)8-11-23(20)34-26(21)33/h1-14H,15H2. The van der Waals surface area contributed by atoms with Gasteiger partial charge in [0.25, 0.3) is 5.91 Å². The van der Waals surface area contributed by atoms with E-state index >= 15 is 0 Å². The molecule has 0 unspecified atom stereocenters. The number of amides is 1. The van der Waals surface area contributed by atoms with Crippen LogP contribution in [-0.4, -0.2) is 15.9 Å². The molecule has 35 heavy (non-hydrogen) atoms. The number of halogens is 1. The van der Waals surface area contributed by atoms with Crippen LogP contribution < -0.4 is 10.5 Å². The van der Waals surface area contributed by atoms with Gasteiger partial charge in [-0.05, 0) is 53.2 Å². The quantitative estimate of drug-likeness (QED) is 0.206. The van der Waals surface area contributed by atoms with Gasteiger partial charge in [0.15, 0.2) is 5.13 Å². The van der Waals surface area contributed by atoms with Crippen molar-refractivity contribution < 1.29 is 9.21 Å². The van der Waals surface area contributed by atoms with Crippen molar-refractivity contribution in [3.8, 4) is 0 Å². The molecule has 0 aliphatic rings. The predicted octanol–water partition coefficient (Wildman–Crippen LogP) is 6.45. The molecule has 3 aromatic heterocycles. The van der Waals surface area contributed by atoms with Crippen LogP contribution in [0, 0.1) is 0 Å². The molecule has 3 heterocycles. The summed E-state index contributed by atoms with van der Waals surface area (Å²) < 4.78 is 6.42. The number of hydrogen-bond acceptors (Lipinski definition) is 6. The monoisotopic (exact) mass is 497 g/mol. The molecule has 0 saturated carbocycles. The van der Waals surface area contributed by atoms with Crippen LogP contribution in [-0.2, 0) is 6.54 Å². The zero-order chi connectivity index (χ0) is 23.9. The largest absolute Gasteiger partial charge is 0.422 e. The van der Waals surface area contributed by atoms with Crippen LogP contribution in [0.25, 0.3) is 32.0 Å². The molecule has 0 fully saturated rings. The zero-order valence-corrected chi connectivity index (χ0v) is 19.7. The average molecular weight is 498 g/mol. The van der Waals surface area contributed by atoms with Crippen LogP contribution in [0.2, 0.25) is 5.02 Å². The third kappa shape index (κ3) is 3.95. The number of fused-ring (bicyclic) bond motifs is 4. The van der Waals surface area contributed by atoms with E-state index in [0.29, 0.717) is 32.3 Å². The third-order valence-electron chi connectivity index (χ3n) is 5.73. The molecule has 170 valence electrons. The minimum atomic E-state index is -0.701. The topological polar surface area (TPSA) is 76.3 Å².